The normalized spacial score (nSPS) is 14.6. The van der Waals surface area contributed by atoms with Crippen LogP contribution in [0.15, 0.2) is 47.7 Å². The lowest BCUT2D eigenvalue weighted by atomic mass is 9.81. The molecule has 1 amide bonds. The monoisotopic (exact) mass is 545 g/mol. The Bertz CT molecular complexity index is 1060. The van der Waals surface area contributed by atoms with Crippen molar-refractivity contribution in [2.24, 2.45) is 34.4 Å². The number of amides is 1. The summed E-state index contributed by atoms with van der Waals surface area (Å²) in [6.45, 7) is 9.36. The molecule has 2 aromatic rings. The van der Waals surface area contributed by atoms with Crippen molar-refractivity contribution in [2.45, 2.75) is 65.5 Å². The fourth-order valence-corrected chi connectivity index (χ4v) is 4.54. The second kappa shape index (κ2) is 16.3. The standard InChI is InChI=1S/C30H47N3O6/c1-20(2)23(16-22-8-9-28(38-6)29(17-22)39-15-7-14-37-5)18-26(31)27(34)19-25(21(3)4)30(35)32-24-10-12-33(36)13-11-24/h8-13,17,20-21,23,25-27,34,36H,7,14-16,18-19,31H2,1-6H3/t23-,25-,26-,27-/m0/s1. The number of benzene rings is 1. The fraction of sp³-hybridized carbons (Fsp3) is 0.600. The summed E-state index contributed by atoms with van der Waals surface area (Å²) >= 11 is 0. The minimum atomic E-state index is -0.844. The number of carbonyl (C=O) groups excluding carboxylic acids is 1. The summed E-state index contributed by atoms with van der Waals surface area (Å²) in [6, 6.07) is 8.59. The fourth-order valence-electron chi connectivity index (χ4n) is 4.54. The number of rotatable bonds is 16. The van der Waals surface area contributed by atoms with Crippen molar-refractivity contribution < 1.29 is 29.3 Å². The smallest absolute Gasteiger partial charge is 0.249 e. The van der Waals surface area contributed by atoms with Crippen LogP contribution in [0.5, 0.6) is 11.5 Å². The molecule has 4 N–H and O–H groups in total. The van der Waals surface area contributed by atoms with Crippen LogP contribution in [0.25, 0.3) is 0 Å². The lowest BCUT2D eigenvalue weighted by Gasteiger charge is -2.29. The zero-order valence-corrected chi connectivity index (χ0v) is 24.2. The van der Waals surface area contributed by atoms with Gasteiger partial charge in [0.25, 0.3) is 0 Å². The molecule has 218 valence electrons. The lowest BCUT2D eigenvalue weighted by molar-refractivity contribution is -0.124. The van der Waals surface area contributed by atoms with Gasteiger partial charge in [0.2, 0.25) is 5.91 Å². The Labute approximate surface area is 232 Å². The van der Waals surface area contributed by atoms with Gasteiger partial charge in [0.1, 0.15) is 0 Å². The summed E-state index contributed by atoms with van der Waals surface area (Å²) in [7, 11) is 3.29. The van der Waals surface area contributed by atoms with E-state index in [2.05, 4.69) is 18.8 Å². The van der Waals surface area contributed by atoms with E-state index in [0.29, 0.717) is 42.4 Å². The highest BCUT2D eigenvalue weighted by atomic mass is 16.5. The van der Waals surface area contributed by atoms with E-state index in [4.69, 9.17) is 19.9 Å². The van der Waals surface area contributed by atoms with Crippen LogP contribution in [0, 0.1) is 23.7 Å². The van der Waals surface area contributed by atoms with Gasteiger partial charge in [-0.3, -0.25) is 4.79 Å². The van der Waals surface area contributed by atoms with E-state index in [1.54, 1.807) is 26.4 Å². The van der Waals surface area contributed by atoms with E-state index >= 15 is 0 Å². The summed E-state index contributed by atoms with van der Waals surface area (Å²) in [6.07, 6.45) is 4.38. The molecule has 0 saturated heterocycles. The Kier molecular flexibility index (Phi) is 13.5. The Hall–Kier alpha value is -2.88. The minimum Gasteiger partial charge on any atom is -0.493 e. The van der Waals surface area contributed by atoms with Crippen LogP contribution in [-0.2, 0) is 16.0 Å². The van der Waals surface area contributed by atoms with Gasteiger partial charge in [-0.15, -0.1) is 0 Å². The predicted molar refractivity (Wildman–Crippen MR) is 151 cm³/mol. The van der Waals surface area contributed by atoms with Crippen molar-refractivity contribution in [2.75, 3.05) is 27.4 Å². The second-order valence-electron chi connectivity index (χ2n) is 10.8. The van der Waals surface area contributed by atoms with Crippen LogP contribution in [0.2, 0.25) is 0 Å². The van der Waals surface area contributed by atoms with Crippen molar-refractivity contribution in [3.8, 4) is 11.5 Å². The van der Waals surface area contributed by atoms with Gasteiger partial charge in [0.15, 0.2) is 11.5 Å². The molecule has 9 nitrogen and oxygen atoms in total. The van der Waals surface area contributed by atoms with Crippen molar-refractivity contribution in [1.82, 2.24) is 4.73 Å². The molecule has 0 fully saturated rings. The van der Waals surface area contributed by atoms with E-state index in [-0.39, 0.29) is 24.2 Å². The molecule has 2 rings (SSSR count). The van der Waals surface area contributed by atoms with Gasteiger partial charge < -0.3 is 30.3 Å². The van der Waals surface area contributed by atoms with E-state index in [0.717, 1.165) is 23.1 Å². The first-order valence-corrected chi connectivity index (χ1v) is 13.7. The average molecular weight is 546 g/mol. The molecule has 0 spiro atoms. The first kappa shape index (κ1) is 32.3. The molecule has 1 heterocycles. The van der Waals surface area contributed by atoms with Gasteiger partial charge in [-0.1, -0.05) is 33.8 Å². The van der Waals surface area contributed by atoms with Gasteiger partial charge in [-0.25, -0.2) is 9.72 Å². The zero-order valence-electron chi connectivity index (χ0n) is 24.2. The number of carbonyl (C=O) groups is 1. The number of aliphatic hydroxyl groups is 1. The van der Waals surface area contributed by atoms with Crippen molar-refractivity contribution in [3.63, 3.8) is 0 Å². The van der Waals surface area contributed by atoms with Crippen LogP contribution >= 0.6 is 0 Å². The van der Waals surface area contributed by atoms with Gasteiger partial charge in [0.05, 0.1) is 25.2 Å². The number of nitrogens with zero attached hydrogens (tertiary/aromatic N) is 2. The van der Waals surface area contributed by atoms with Gasteiger partial charge in [-0.2, -0.15) is 0 Å². The topological polar surface area (TPSA) is 129 Å². The van der Waals surface area contributed by atoms with Crippen molar-refractivity contribution in [1.29, 1.82) is 0 Å². The van der Waals surface area contributed by atoms with Crippen molar-refractivity contribution in [3.05, 3.63) is 53.6 Å². The summed E-state index contributed by atoms with van der Waals surface area (Å²) in [5, 5.41) is 20.9. The molecule has 0 aliphatic carbocycles. The Morgan fingerprint density at radius 2 is 1.69 bits per heavy atom. The average Bonchev–Trinajstić information content (AvgIpc) is 2.90. The minimum absolute atomic E-state index is 0.0166. The molecule has 0 aliphatic rings. The number of pyridine rings is 1. The molecule has 0 unspecified atom stereocenters. The molecule has 1 aromatic carbocycles. The number of nitrogens with two attached hydrogens (primary N) is 1. The molecule has 39 heavy (non-hydrogen) atoms. The lowest BCUT2D eigenvalue weighted by Crippen LogP contribution is -2.40. The van der Waals surface area contributed by atoms with E-state index in [1.165, 1.54) is 12.4 Å². The summed E-state index contributed by atoms with van der Waals surface area (Å²) in [5.41, 5.74) is 7.63. The largest absolute Gasteiger partial charge is 0.493 e. The van der Waals surface area contributed by atoms with E-state index in [1.807, 2.05) is 32.0 Å². The third-order valence-electron chi connectivity index (χ3n) is 7.14. The van der Waals surface area contributed by atoms with Crippen LogP contribution in [0.1, 0.15) is 52.5 Å². The Balaban J connectivity index is 2.08. The van der Waals surface area contributed by atoms with Crippen LogP contribution in [0.4, 0.5) is 0 Å². The number of hydrogen-bond acceptors (Lipinski definition) is 7. The molecule has 0 saturated carbocycles. The quantitative estimate of drug-likeness (QED) is 0.216. The number of hydrogen-bond donors (Lipinski definition) is 3. The number of ether oxygens (including phenoxy) is 3. The van der Waals surface area contributed by atoms with Crippen molar-refractivity contribution >= 4 is 5.91 Å². The second-order valence-corrected chi connectivity index (χ2v) is 10.8. The maximum atomic E-state index is 12.9. The number of methoxy groups -OCH3 is 2. The van der Waals surface area contributed by atoms with Gasteiger partial charge >= 0.3 is 0 Å². The molecule has 0 aliphatic heterocycles. The maximum absolute atomic E-state index is 12.9. The molecular weight excluding hydrogens is 498 g/mol. The summed E-state index contributed by atoms with van der Waals surface area (Å²) < 4.78 is 17.4. The Morgan fingerprint density at radius 1 is 1.00 bits per heavy atom. The first-order valence-electron chi connectivity index (χ1n) is 13.7. The molecule has 9 heteroatoms. The summed E-state index contributed by atoms with van der Waals surface area (Å²) in [4.78, 5) is 17.1. The van der Waals surface area contributed by atoms with Gasteiger partial charge in [-0.05, 0) is 66.8 Å². The third-order valence-corrected chi connectivity index (χ3v) is 7.14. The Morgan fingerprint density at radius 3 is 2.28 bits per heavy atom. The third kappa shape index (κ3) is 10.7. The number of aliphatic hydroxyl groups excluding tert-OH is 1. The highest BCUT2D eigenvalue weighted by Crippen LogP contribution is 2.31. The number of aromatic nitrogens is 1. The molecule has 0 radical (unpaired) electrons. The van der Waals surface area contributed by atoms with Crippen LogP contribution in [0.3, 0.4) is 0 Å². The molecule has 0 bridgehead atoms. The van der Waals surface area contributed by atoms with E-state index < -0.39 is 18.1 Å². The van der Waals surface area contributed by atoms with E-state index in [9.17, 15) is 15.1 Å². The molecular formula is C30H47N3O6. The molecule has 1 aromatic heterocycles. The SMILES string of the molecule is COCCCOc1cc(C[C@@H](C[C@H](N)[C@@H](O)C[C@H](C(=O)N=c2ccn(O)cc2)C(C)C)C(C)C)ccc1OC. The van der Waals surface area contributed by atoms with Crippen LogP contribution < -0.4 is 20.6 Å². The summed E-state index contributed by atoms with van der Waals surface area (Å²) in [5.74, 6) is 1.15. The molecule has 4 atom stereocenters. The van der Waals surface area contributed by atoms with Gasteiger partial charge in [0, 0.05) is 44.5 Å². The maximum Gasteiger partial charge on any atom is 0.249 e. The first-order chi connectivity index (χ1) is 18.5. The predicted octanol–water partition coefficient (Wildman–Crippen LogP) is 3.83. The highest BCUT2D eigenvalue weighted by molar-refractivity contribution is 5.79. The van der Waals surface area contributed by atoms with Crippen LogP contribution in [-0.4, -0.2) is 60.5 Å². The highest BCUT2D eigenvalue weighted by Gasteiger charge is 2.29. The zero-order chi connectivity index (χ0) is 28.9.